The van der Waals surface area contributed by atoms with E-state index in [2.05, 4.69) is 15.5 Å². The summed E-state index contributed by atoms with van der Waals surface area (Å²) in [6.45, 7) is -1.32. The van der Waals surface area contributed by atoms with Crippen molar-refractivity contribution in [2.24, 2.45) is 0 Å². The lowest BCUT2D eigenvalue weighted by Crippen LogP contribution is -2.34. The summed E-state index contributed by atoms with van der Waals surface area (Å²) in [5, 5.41) is 12.5. The highest BCUT2D eigenvalue weighted by molar-refractivity contribution is 5.78. The van der Waals surface area contributed by atoms with Crippen molar-refractivity contribution in [2.75, 3.05) is 6.54 Å². The number of rotatable bonds is 4. The first-order valence-corrected chi connectivity index (χ1v) is 5.60. The van der Waals surface area contributed by atoms with Crippen molar-refractivity contribution in [3.63, 3.8) is 0 Å². The van der Waals surface area contributed by atoms with Crippen LogP contribution in [0, 0.1) is 0 Å². The van der Waals surface area contributed by atoms with E-state index >= 15 is 0 Å². The molecule has 0 aliphatic carbocycles. The Morgan fingerprint density at radius 2 is 1.95 bits per heavy atom. The molecule has 0 atom stereocenters. The highest BCUT2D eigenvalue weighted by Gasteiger charge is 2.27. The molecular weight excluding hydrogens is 275 g/mol. The van der Waals surface area contributed by atoms with Gasteiger partial charge in [0, 0.05) is 0 Å². The number of alkyl halides is 3. The number of benzene rings is 1. The van der Waals surface area contributed by atoms with Gasteiger partial charge in [-0.05, 0) is 28.1 Å². The van der Waals surface area contributed by atoms with E-state index in [1.807, 2.05) is 5.32 Å². The normalized spacial score (nSPS) is 11.3. The zero-order chi connectivity index (χ0) is 14.6. The zero-order valence-corrected chi connectivity index (χ0v) is 10.1. The maximum Gasteiger partial charge on any atom is 0.405 e. The summed E-state index contributed by atoms with van der Waals surface area (Å²) in [7, 11) is 0. The minimum absolute atomic E-state index is 0.119. The van der Waals surface area contributed by atoms with Crippen molar-refractivity contribution in [1.82, 2.24) is 25.5 Å². The van der Waals surface area contributed by atoms with Crippen LogP contribution in [0.2, 0.25) is 0 Å². The van der Waals surface area contributed by atoms with E-state index < -0.39 is 18.6 Å². The van der Waals surface area contributed by atoms with Crippen LogP contribution in [0.3, 0.4) is 0 Å². The Morgan fingerprint density at radius 1 is 1.25 bits per heavy atom. The molecule has 1 amide bonds. The molecule has 1 N–H and O–H groups in total. The lowest BCUT2D eigenvalue weighted by Gasteiger charge is -2.08. The number of amides is 1. The largest absolute Gasteiger partial charge is 0.405 e. The van der Waals surface area contributed by atoms with Crippen LogP contribution in [0.15, 0.2) is 30.6 Å². The van der Waals surface area contributed by atoms with E-state index in [1.165, 1.54) is 11.0 Å². The molecule has 1 aromatic carbocycles. The van der Waals surface area contributed by atoms with Crippen LogP contribution in [0.5, 0.6) is 0 Å². The molecule has 20 heavy (non-hydrogen) atoms. The molecule has 0 saturated heterocycles. The van der Waals surface area contributed by atoms with E-state index in [0.29, 0.717) is 11.3 Å². The summed E-state index contributed by atoms with van der Waals surface area (Å²) in [6, 6.07) is 6.60. The summed E-state index contributed by atoms with van der Waals surface area (Å²) >= 11 is 0. The minimum Gasteiger partial charge on any atom is -0.347 e. The Bertz CT molecular complexity index is 565. The molecule has 0 saturated carbocycles. The number of carbonyl (C=O) groups excluding carboxylic acids is 1. The summed E-state index contributed by atoms with van der Waals surface area (Å²) in [5.41, 5.74) is 1.29. The average Bonchev–Trinajstić information content (AvgIpc) is 2.90. The molecule has 9 heteroatoms. The van der Waals surface area contributed by atoms with E-state index in [4.69, 9.17) is 0 Å². The van der Waals surface area contributed by atoms with Gasteiger partial charge >= 0.3 is 6.18 Å². The SMILES string of the molecule is O=C(Cc1ccc(-n2cnnn2)cc1)NCC(F)(F)F. The van der Waals surface area contributed by atoms with E-state index in [-0.39, 0.29) is 6.42 Å². The molecule has 106 valence electrons. The number of hydrogen-bond acceptors (Lipinski definition) is 4. The van der Waals surface area contributed by atoms with Gasteiger partial charge in [0.1, 0.15) is 12.9 Å². The molecular formula is C11H10F3N5O. The third-order valence-corrected chi connectivity index (χ3v) is 2.40. The fourth-order valence-electron chi connectivity index (χ4n) is 1.49. The molecule has 2 rings (SSSR count). The Hall–Kier alpha value is -2.45. The molecule has 0 spiro atoms. The van der Waals surface area contributed by atoms with Crippen molar-refractivity contribution in [1.29, 1.82) is 0 Å². The second-order valence-electron chi connectivity index (χ2n) is 3.99. The molecule has 2 aromatic rings. The third kappa shape index (κ3) is 4.04. The Morgan fingerprint density at radius 3 is 2.50 bits per heavy atom. The van der Waals surface area contributed by atoms with E-state index in [9.17, 15) is 18.0 Å². The average molecular weight is 285 g/mol. The van der Waals surface area contributed by atoms with Crippen LogP contribution in [-0.4, -0.2) is 38.8 Å². The monoisotopic (exact) mass is 285 g/mol. The number of nitrogens with zero attached hydrogens (tertiary/aromatic N) is 4. The highest BCUT2D eigenvalue weighted by Crippen LogP contribution is 2.12. The van der Waals surface area contributed by atoms with Gasteiger partial charge in [-0.3, -0.25) is 4.79 Å². The molecule has 1 aromatic heterocycles. The number of hydrogen-bond donors (Lipinski definition) is 1. The van der Waals surface area contributed by atoms with Crippen molar-refractivity contribution >= 4 is 5.91 Å². The molecule has 6 nitrogen and oxygen atoms in total. The molecule has 0 unspecified atom stereocenters. The van der Waals surface area contributed by atoms with Crippen LogP contribution in [0.25, 0.3) is 5.69 Å². The molecule has 0 fully saturated rings. The van der Waals surface area contributed by atoms with Crippen molar-refractivity contribution in [3.8, 4) is 5.69 Å². The second-order valence-corrected chi connectivity index (χ2v) is 3.99. The minimum atomic E-state index is -4.40. The first-order chi connectivity index (χ1) is 9.44. The first kappa shape index (κ1) is 14.0. The fraction of sp³-hybridized carbons (Fsp3) is 0.273. The summed E-state index contributed by atoms with van der Waals surface area (Å²) in [5.74, 6) is -0.683. The molecule has 0 aliphatic heterocycles. The number of carbonyl (C=O) groups is 1. The van der Waals surface area contributed by atoms with E-state index in [1.54, 1.807) is 24.3 Å². The second kappa shape index (κ2) is 5.68. The van der Waals surface area contributed by atoms with Gasteiger partial charge in [0.2, 0.25) is 5.91 Å². The summed E-state index contributed by atoms with van der Waals surface area (Å²) in [4.78, 5) is 11.3. The first-order valence-electron chi connectivity index (χ1n) is 5.60. The standard InChI is InChI=1S/C11H10F3N5O/c12-11(13,14)6-15-10(20)5-8-1-3-9(4-2-8)19-7-16-17-18-19/h1-4,7H,5-6H2,(H,15,20). The van der Waals surface area contributed by atoms with Crippen LogP contribution < -0.4 is 5.32 Å². The quantitative estimate of drug-likeness (QED) is 0.905. The van der Waals surface area contributed by atoms with Crippen molar-refractivity contribution < 1.29 is 18.0 Å². The topological polar surface area (TPSA) is 72.7 Å². The zero-order valence-electron chi connectivity index (χ0n) is 10.1. The molecule has 0 bridgehead atoms. The fourth-order valence-corrected chi connectivity index (χ4v) is 1.49. The van der Waals surface area contributed by atoms with Gasteiger partial charge in [-0.2, -0.15) is 13.2 Å². The van der Waals surface area contributed by atoms with Gasteiger partial charge in [0.25, 0.3) is 0 Å². The predicted molar refractivity (Wildman–Crippen MR) is 61.9 cm³/mol. The molecule has 1 heterocycles. The van der Waals surface area contributed by atoms with E-state index in [0.717, 1.165) is 0 Å². The number of halogens is 3. The lowest BCUT2D eigenvalue weighted by atomic mass is 10.1. The maximum atomic E-state index is 11.9. The number of tetrazole rings is 1. The number of aromatic nitrogens is 4. The third-order valence-electron chi connectivity index (χ3n) is 2.40. The summed E-state index contributed by atoms with van der Waals surface area (Å²) < 4.78 is 37.2. The van der Waals surface area contributed by atoms with Gasteiger partial charge in [-0.15, -0.1) is 5.10 Å². The van der Waals surface area contributed by atoms with Crippen LogP contribution in [0.1, 0.15) is 5.56 Å². The Balaban J connectivity index is 1.92. The van der Waals surface area contributed by atoms with Gasteiger partial charge in [0.05, 0.1) is 12.1 Å². The van der Waals surface area contributed by atoms with Gasteiger partial charge < -0.3 is 5.32 Å². The van der Waals surface area contributed by atoms with Crippen molar-refractivity contribution in [3.05, 3.63) is 36.2 Å². The molecule has 0 aliphatic rings. The van der Waals surface area contributed by atoms with Crippen LogP contribution in [-0.2, 0) is 11.2 Å². The van der Waals surface area contributed by atoms with Gasteiger partial charge in [-0.1, -0.05) is 12.1 Å². The van der Waals surface area contributed by atoms with Gasteiger partial charge in [0.15, 0.2) is 0 Å². The van der Waals surface area contributed by atoms with Crippen LogP contribution in [0.4, 0.5) is 13.2 Å². The smallest absolute Gasteiger partial charge is 0.347 e. The van der Waals surface area contributed by atoms with Crippen LogP contribution >= 0.6 is 0 Å². The number of nitrogens with one attached hydrogen (secondary N) is 1. The van der Waals surface area contributed by atoms with Crippen molar-refractivity contribution in [2.45, 2.75) is 12.6 Å². The highest BCUT2D eigenvalue weighted by atomic mass is 19.4. The summed E-state index contributed by atoms with van der Waals surface area (Å²) in [6.07, 6.45) is -3.11. The Labute approximate surface area is 111 Å². The Kier molecular flexibility index (Phi) is 3.97. The maximum absolute atomic E-state index is 11.9. The molecule has 0 radical (unpaired) electrons. The van der Waals surface area contributed by atoms with Gasteiger partial charge in [-0.25, -0.2) is 4.68 Å². The lowest BCUT2D eigenvalue weighted by molar-refractivity contribution is -0.138. The predicted octanol–water partition coefficient (Wildman–Crippen LogP) is 0.883.